The summed E-state index contributed by atoms with van der Waals surface area (Å²) in [7, 11) is 0. The zero-order valence-corrected chi connectivity index (χ0v) is 21.8. The molecule has 0 atom stereocenters. The third-order valence-corrected chi connectivity index (χ3v) is 6.23. The number of ether oxygens (including phenoxy) is 2. The molecule has 0 bridgehead atoms. The molecular formula is C34H31NO4. The molecular weight excluding hydrogens is 486 g/mol. The first-order valence-corrected chi connectivity index (χ1v) is 12.8. The van der Waals surface area contributed by atoms with Crippen LogP contribution in [0.25, 0.3) is 11.1 Å². The number of nitrogens with zero attached hydrogens (tertiary/aromatic N) is 1. The topological polar surface area (TPSA) is 55.8 Å². The molecule has 4 rings (SSSR count). The van der Waals surface area contributed by atoms with Gasteiger partial charge >= 0.3 is 11.9 Å². The van der Waals surface area contributed by atoms with E-state index in [0.717, 1.165) is 33.8 Å². The molecule has 0 fully saturated rings. The standard InChI is InChI=1S/C34H31NO4/c1-3-33(36)38-24-22-26-10-16-30(17-11-26)35(31-18-12-27(13-19-31)23-25-39-34(37)4-2)32-20-14-29(15-21-32)28-8-6-5-7-9-28/h3-21H,1-2,22-25H2. The Bertz CT molecular complexity index is 1320. The molecule has 4 aromatic rings. The number of anilines is 3. The van der Waals surface area contributed by atoms with E-state index >= 15 is 0 Å². The van der Waals surface area contributed by atoms with Gasteiger partial charge in [0.2, 0.25) is 0 Å². The molecule has 0 N–H and O–H groups in total. The van der Waals surface area contributed by atoms with Crippen molar-refractivity contribution in [1.82, 2.24) is 0 Å². The predicted octanol–water partition coefficient (Wildman–Crippen LogP) is 7.37. The van der Waals surface area contributed by atoms with E-state index in [1.165, 1.54) is 17.7 Å². The summed E-state index contributed by atoms with van der Waals surface area (Å²) in [5, 5.41) is 0. The van der Waals surface area contributed by atoms with Crippen LogP contribution in [-0.4, -0.2) is 25.2 Å². The van der Waals surface area contributed by atoms with E-state index in [1.807, 2.05) is 42.5 Å². The molecule has 0 saturated carbocycles. The molecule has 0 spiro atoms. The first-order chi connectivity index (χ1) is 19.1. The van der Waals surface area contributed by atoms with Crippen molar-refractivity contribution in [2.24, 2.45) is 0 Å². The maximum atomic E-state index is 11.3. The van der Waals surface area contributed by atoms with Crippen LogP contribution >= 0.6 is 0 Å². The van der Waals surface area contributed by atoms with E-state index in [4.69, 9.17) is 9.47 Å². The minimum absolute atomic E-state index is 0.304. The lowest BCUT2D eigenvalue weighted by molar-refractivity contribution is -0.138. The van der Waals surface area contributed by atoms with E-state index in [1.54, 1.807) is 0 Å². The first kappa shape index (κ1) is 27.1. The fourth-order valence-electron chi connectivity index (χ4n) is 4.16. The molecule has 0 unspecified atom stereocenters. The van der Waals surface area contributed by atoms with Crippen LogP contribution < -0.4 is 4.90 Å². The third kappa shape index (κ3) is 7.55. The predicted molar refractivity (Wildman–Crippen MR) is 156 cm³/mol. The van der Waals surface area contributed by atoms with Gasteiger partial charge in [0.15, 0.2) is 0 Å². The Hall–Kier alpha value is -4.90. The van der Waals surface area contributed by atoms with Gasteiger partial charge < -0.3 is 14.4 Å². The highest BCUT2D eigenvalue weighted by Gasteiger charge is 2.13. The molecule has 0 saturated heterocycles. The largest absolute Gasteiger partial charge is 0.462 e. The van der Waals surface area contributed by atoms with Gasteiger partial charge in [-0.05, 0) is 58.7 Å². The van der Waals surface area contributed by atoms with Crippen molar-refractivity contribution in [2.75, 3.05) is 18.1 Å². The van der Waals surface area contributed by atoms with Crippen LogP contribution in [0.15, 0.2) is 128 Å². The quantitative estimate of drug-likeness (QED) is 0.145. The Kier molecular flexibility index (Phi) is 9.46. The Labute approximate surface area is 229 Å². The number of hydrogen-bond acceptors (Lipinski definition) is 5. The molecule has 5 nitrogen and oxygen atoms in total. The minimum Gasteiger partial charge on any atom is -0.462 e. The van der Waals surface area contributed by atoms with Crippen molar-refractivity contribution < 1.29 is 19.1 Å². The second-order valence-electron chi connectivity index (χ2n) is 8.82. The average molecular weight is 518 g/mol. The second kappa shape index (κ2) is 13.6. The highest BCUT2D eigenvalue weighted by atomic mass is 16.5. The number of benzene rings is 4. The monoisotopic (exact) mass is 517 g/mol. The molecule has 0 amide bonds. The van der Waals surface area contributed by atoms with Gasteiger partial charge in [0.05, 0.1) is 13.2 Å². The summed E-state index contributed by atoms with van der Waals surface area (Å²) in [5.41, 5.74) is 7.48. The second-order valence-corrected chi connectivity index (χ2v) is 8.82. The van der Waals surface area contributed by atoms with Gasteiger partial charge in [-0.15, -0.1) is 0 Å². The molecule has 0 aromatic heterocycles. The van der Waals surface area contributed by atoms with Crippen LogP contribution in [0.4, 0.5) is 17.1 Å². The minimum atomic E-state index is -0.418. The van der Waals surface area contributed by atoms with E-state index in [9.17, 15) is 9.59 Å². The van der Waals surface area contributed by atoms with E-state index in [2.05, 4.69) is 78.7 Å². The maximum Gasteiger partial charge on any atom is 0.330 e. The Morgan fingerprint density at radius 3 is 1.36 bits per heavy atom. The summed E-state index contributed by atoms with van der Waals surface area (Å²) in [5.74, 6) is -0.835. The van der Waals surface area contributed by atoms with Gasteiger partial charge in [0.1, 0.15) is 0 Å². The van der Waals surface area contributed by atoms with E-state index in [-0.39, 0.29) is 0 Å². The van der Waals surface area contributed by atoms with Gasteiger partial charge in [0, 0.05) is 42.1 Å². The van der Waals surface area contributed by atoms with Gasteiger partial charge in [-0.25, -0.2) is 9.59 Å². The Morgan fingerprint density at radius 2 is 0.949 bits per heavy atom. The Balaban J connectivity index is 1.57. The summed E-state index contributed by atoms with van der Waals surface area (Å²) in [6.45, 7) is 7.46. The number of carbonyl (C=O) groups is 2. The molecule has 0 aliphatic carbocycles. The molecule has 0 aliphatic rings. The Morgan fingerprint density at radius 1 is 0.564 bits per heavy atom. The number of carbonyl (C=O) groups excluding carboxylic acids is 2. The molecule has 0 radical (unpaired) electrons. The third-order valence-electron chi connectivity index (χ3n) is 6.23. The fourth-order valence-corrected chi connectivity index (χ4v) is 4.16. The molecule has 0 heterocycles. The lowest BCUT2D eigenvalue weighted by Crippen LogP contribution is -2.10. The van der Waals surface area contributed by atoms with Gasteiger partial charge in [-0.2, -0.15) is 0 Å². The molecule has 4 aromatic carbocycles. The van der Waals surface area contributed by atoms with Gasteiger partial charge in [-0.3, -0.25) is 0 Å². The lowest BCUT2D eigenvalue weighted by Gasteiger charge is -2.26. The number of hydrogen-bond donors (Lipinski definition) is 0. The maximum absolute atomic E-state index is 11.3. The van der Waals surface area contributed by atoms with Crippen molar-refractivity contribution in [2.45, 2.75) is 12.8 Å². The van der Waals surface area contributed by atoms with Crippen LogP contribution in [-0.2, 0) is 31.9 Å². The highest BCUT2D eigenvalue weighted by molar-refractivity contribution is 5.81. The smallest absolute Gasteiger partial charge is 0.330 e. The highest BCUT2D eigenvalue weighted by Crippen LogP contribution is 2.36. The number of esters is 2. The van der Waals surface area contributed by atoms with Crippen LogP contribution in [0.2, 0.25) is 0 Å². The van der Waals surface area contributed by atoms with Crippen LogP contribution in [0.5, 0.6) is 0 Å². The van der Waals surface area contributed by atoms with Crippen LogP contribution in [0.3, 0.4) is 0 Å². The van der Waals surface area contributed by atoms with Gasteiger partial charge in [0.25, 0.3) is 0 Å². The average Bonchev–Trinajstić information content (AvgIpc) is 2.99. The fraction of sp³-hybridized carbons (Fsp3) is 0.118. The zero-order valence-electron chi connectivity index (χ0n) is 21.8. The zero-order chi connectivity index (χ0) is 27.5. The van der Waals surface area contributed by atoms with Crippen molar-refractivity contribution in [3.8, 4) is 11.1 Å². The molecule has 5 heteroatoms. The first-order valence-electron chi connectivity index (χ1n) is 12.8. The normalized spacial score (nSPS) is 10.4. The van der Waals surface area contributed by atoms with Crippen LogP contribution in [0, 0.1) is 0 Å². The van der Waals surface area contributed by atoms with Crippen molar-refractivity contribution in [1.29, 1.82) is 0 Å². The van der Waals surface area contributed by atoms with Crippen molar-refractivity contribution in [3.63, 3.8) is 0 Å². The van der Waals surface area contributed by atoms with Gasteiger partial charge in [-0.1, -0.05) is 79.9 Å². The summed E-state index contributed by atoms with van der Waals surface area (Å²) in [6.07, 6.45) is 3.58. The van der Waals surface area contributed by atoms with E-state index < -0.39 is 11.9 Å². The number of rotatable bonds is 12. The summed E-state index contributed by atoms with van der Waals surface area (Å²) in [4.78, 5) is 24.8. The molecule has 196 valence electrons. The van der Waals surface area contributed by atoms with Crippen LogP contribution in [0.1, 0.15) is 11.1 Å². The summed E-state index contributed by atoms with van der Waals surface area (Å²) >= 11 is 0. The lowest BCUT2D eigenvalue weighted by atomic mass is 10.0. The SMILES string of the molecule is C=CC(=O)OCCc1ccc(N(c2ccc(CCOC(=O)C=C)cc2)c2ccc(-c3ccccc3)cc2)cc1. The van der Waals surface area contributed by atoms with Crippen molar-refractivity contribution >= 4 is 29.0 Å². The van der Waals surface area contributed by atoms with Crippen molar-refractivity contribution in [3.05, 3.63) is 140 Å². The summed E-state index contributed by atoms with van der Waals surface area (Å²) in [6, 6.07) is 35.2. The van der Waals surface area contributed by atoms with E-state index in [0.29, 0.717) is 26.1 Å². The summed E-state index contributed by atoms with van der Waals surface area (Å²) < 4.78 is 10.2. The molecule has 39 heavy (non-hydrogen) atoms. The molecule has 0 aliphatic heterocycles.